The largest absolute Gasteiger partial charge is 0.416 e. The molecule has 2 atom stereocenters. The Labute approximate surface area is 157 Å². The van der Waals surface area contributed by atoms with Crippen molar-refractivity contribution in [2.24, 2.45) is 5.92 Å². The van der Waals surface area contributed by atoms with Crippen molar-refractivity contribution in [3.8, 4) is 0 Å². The van der Waals surface area contributed by atoms with Gasteiger partial charge in [0.2, 0.25) is 11.8 Å². The van der Waals surface area contributed by atoms with Crippen molar-refractivity contribution in [1.82, 2.24) is 20.8 Å². The van der Waals surface area contributed by atoms with Crippen LogP contribution in [-0.2, 0) is 17.0 Å². The minimum atomic E-state index is -0.489. The van der Waals surface area contributed by atoms with Gasteiger partial charge in [0.05, 0.1) is 16.0 Å². The zero-order valence-corrected chi connectivity index (χ0v) is 15.4. The molecule has 2 heterocycles. The number of rotatable bonds is 5. The third kappa shape index (κ3) is 4.45. The van der Waals surface area contributed by atoms with E-state index in [2.05, 4.69) is 20.8 Å². The van der Waals surface area contributed by atoms with Crippen LogP contribution in [0.15, 0.2) is 27.8 Å². The van der Waals surface area contributed by atoms with E-state index in [0.717, 1.165) is 5.56 Å². The highest BCUT2D eigenvalue weighted by molar-refractivity contribution is 7.98. The molecule has 10 heteroatoms. The second kappa shape index (κ2) is 7.63. The van der Waals surface area contributed by atoms with E-state index in [4.69, 9.17) is 27.6 Å². The summed E-state index contributed by atoms with van der Waals surface area (Å²) in [6, 6.07) is 4.59. The monoisotopic (exact) mass is 400 g/mol. The zero-order chi connectivity index (χ0) is 18.0. The van der Waals surface area contributed by atoms with Crippen LogP contribution in [0.5, 0.6) is 0 Å². The van der Waals surface area contributed by atoms with Gasteiger partial charge < -0.3 is 9.73 Å². The maximum absolute atomic E-state index is 11.9. The molecule has 1 aliphatic rings. The molecule has 2 N–H and O–H groups in total. The number of hydrogen-bond donors (Lipinski definition) is 2. The summed E-state index contributed by atoms with van der Waals surface area (Å²) >= 11 is 13.2. The van der Waals surface area contributed by atoms with Gasteiger partial charge in [0, 0.05) is 18.2 Å². The molecule has 2 aromatic rings. The summed E-state index contributed by atoms with van der Waals surface area (Å²) in [5, 5.41) is 14.2. The van der Waals surface area contributed by atoms with E-state index in [-0.39, 0.29) is 18.4 Å². The molecule has 132 valence electrons. The maximum Gasteiger partial charge on any atom is 0.321 e. The van der Waals surface area contributed by atoms with E-state index in [9.17, 15) is 9.59 Å². The number of hydrogen-bond acceptors (Lipinski definition) is 6. The molecule has 3 rings (SSSR count). The van der Waals surface area contributed by atoms with Gasteiger partial charge in [0.1, 0.15) is 0 Å². The number of imide groups is 1. The van der Waals surface area contributed by atoms with Gasteiger partial charge in [0.15, 0.2) is 0 Å². The summed E-state index contributed by atoms with van der Waals surface area (Å²) in [4.78, 5) is 23.1. The number of benzene rings is 1. The smallest absolute Gasteiger partial charge is 0.321 e. The lowest BCUT2D eigenvalue weighted by Gasteiger charge is -2.27. The predicted molar refractivity (Wildman–Crippen MR) is 93.7 cm³/mol. The van der Waals surface area contributed by atoms with Crippen LogP contribution in [0, 0.1) is 5.92 Å². The van der Waals surface area contributed by atoms with Crippen LogP contribution < -0.4 is 10.6 Å². The molecule has 1 fully saturated rings. The molecule has 1 aromatic carbocycles. The Morgan fingerprint density at radius 1 is 1.24 bits per heavy atom. The van der Waals surface area contributed by atoms with Gasteiger partial charge in [-0.15, -0.1) is 10.2 Å². The number of carbonyl (C=O) groups is 2. The van der Waals surface area contributed by atoms with E-state index in [0.29, 0.717) is 26.9 Å². The molecule has 0 saturated carbocycles. The van der Waals surface area contributed by atoms with Crippen LogP contribution >= 0.6 is 35.0 Å². The number of nitrogens with one attached hydrogen (secondary N) is 2. The Kier molecular flexibility index (Phi) is 5.51. The molecule has 0 bridgehead atoms. The van der Waals surface area contributed by atoms with Crippen LogP contribution in [0.2, 0.25) is 10.0 Å². The van der Waals surface area contributed by atoms with E-state index in [1.165, 1.54) is 11.8 Å². The Balaban J connectivity index is 1.59. The van der Waals surface area contributed by atoms with Gasteiger partial charge in [0.25, 0.3) is 5.22 Å². The van der Waals surface area contributed by atoms with Crippen LogP contribution in [0.25, 0.3) is 0 Å². The topological polar surface area (TPSA) is 97.1 Å². The van der Waals surface area contributed by atoms with E-state index >= 15 is 0 Å². The third-order valence-corrected chi connectivity index (χ3v) is 5.35. The number of amides is 3. The van der Waals surface area contributed by atoms with Crippen LogP contribution in [0.3, 0.4) is 0 Å². The fourth-order valence-corrected chi connectivity index (χ4v) is 3.43. The average molecular weight is 401 g/mol. The molecule has 3 amide bonds. The molecule has 25 heavy (non-hydrogen) atoms. The average Bonchev–Trinajstić information content (AvgIpc) is 3.00. The number of urea groups is 1. The molecule has 0 radical (unpaired) electrons. The minimum Gasteiger partial charge on any atom is -0.416 e. The Bertz CT molecular complexity index is 814. The van der Waals surface area contributed by atoms with Crippen molar-refractivity contribution in [2.75, 3.05) is 0 Å². The van der Waals surface area contributed by atoms with Gasteiger partial charge in [-0.25, -0.2) is 4.79 Å². The van der Waals surface area contributed by atoms with Crippen molar-refractivity contribution in [3.05, 3.63) is 39.7 Å². The molecule has 2 unspecified atom stereocenters. The van der Waals surface area contributed by atoms with Crippen molar-refractivity contribution < 1.29 is 14.0 Å². The number of carbonyl (C=O) groups excluding carboxylic acids is 2. The first-order valence-corrected chi connectivity index (χ1v) is 9.17. The lowest BCUT2D eigenvalue weighted by molar-refractivity contribution is -0.125. The van der Waals surface area contributed by atoms with Crippen LogP contribution in [0.1, 0.15) is 18.4 Å². The molecule has 1 aliphatic heterocycles. The Hall–Kier alpha value is -1.77. The van der Waals surface area contributed by atoms with E-state index in [1.54, 1.807) is 19.1 Å². The van der Waals surface area contributed by atoms with Crippen molar-refractivity contribution in [3.63, 3.8) is 0 Å². The highest BCUT2D eigenvalue weighted by Gasteiger charge is 2.33. The summed E-state index contributed by atoms with van der Waals surface area (Å²) in [5.74, 6) is 0.139. The second-order valence-corrected chi connectivity index (χ2v) is 7.30. The summed E-state index contributed by atoms with van der Waals surface area (Å²) in [6.45, 7) is 1.76. The molecule has 7 nitrogen and oxygen atoms in total. The maximum atomic E-state index is 11.9. The van der Waals surface area contributed by atoms with E-state index in [1.807, 2.05) is 6.07 Å². The first kappa shape index (κ1) is 18.0. The van der Waals surface area contributed by atoms with Gasteiger partial charge in [-0.2, -0.15) is 0 Å². The van der Waals surface area contributed by atoms with Crippen LogP contribution in [0.4, 0.5) is 4.79 Å². The lowest BCUT2D eigenvalue weighted by Crippen LogP contribution is -2.57. The van der Waals surface area contributed by atoms with Crippen molar-refractivity contribution >= 4 is 46.9 Å². The number of nitrogens with zero attached hydrogens (tertiary/aromatic N) is 2. The Morgan fingerprint density at radius 3 is 2.76 bits per heavy atom. The minimum absolute atomic E-state index is 0.258. The van der Waals surface area contributed by atoms with Crippen LogP contribution in [-0.4, -0.2) is 28.2 Å². The SMILES string of the molecule is CC1NC(=O)NC(=O)C1Cc1nnc(SCc2ccc(Cl)c(Cl)c2)o1. The summed E-state index contributed by atoms with van der Waals surface area (Å²) in [7, 11) is 0. The molecule has 1 saturated heterocycles. The number of halogens is 2. The molecular weight excluding hydrogens is 387 g/mol. The molecule has 0 aliphatic carbocycles. The fourth-order valence-electron chi connectivity index (χ4n) is 2.39. The third-order valence-electron chi connectivity index (χ3n) is 3.72. The first-order valence-electron chi connectivity index (χ1n) is 7.43. The number of thioether (sulfide) groups is 1. The highest BCUT2D eigenvalue weighted by Crippen LogP contribution is 2.27. The fraction of sp³-hybridized carbons (Fsp3) is 0.333. The lowest BCUT2D eigenvalue weighted by atomic mass is 9.95. The summed E-state index contributed by atoms with van der Waals surface area (Å²) < 4.78 is 5.57. The highest BCUT2D eigenvalue weighted by atomic mass is 35.5. The van der Waals surface area contributed by atoms with Gasteiger partial charge >= 0.3 is 6.03 Å². The van der Waals surface area contributed by atoms with Crippen molar-refractivity contribution in [1.29, 1.82) is 0 Å². The quantitative estimate of drug-likeness (QED) is 0.748. The molecule has 1 aromatic heterocycles. The molecule has 0 spiro atoms. The summed E-state index contributed by atoms with van der Waals surface area (Å²) in [6.07, 6.45) is 0.258. The molecular formula is C15H14Cl2N4O3S. The predicted octanol–water partition coefficient (Wildman–Crippen LogP) is 3.06. The zero-order valence-electron chi connectivity index (χ0n) is 13.1. The summed E-state index contributed by atoms with van der Waals surface area (Å²) in [5.41, 5.74) is 0.974. The van der Waals surface area contributed by atoms with Crippen molar-refractivity contribution in [2.45, 2.75) is 30.4 Å². The van der Waals surface area contributed by atoms with Gasteiger partial charge in [-0.05, 0) is 24.6 Å². The number of aromatic nitrogens is 2. The van der Waals surface area contributed by atoms with Gasteiger partial charge in [-0.3, -0.25) is 10.1 Å². The second-order valence-electron chi connectivity index (χ2n) is 5.56. The first-order chi connectivity index (χ1) is 11.9. The standard InChI is InChI=1S/C15H14Cl2N4O3S/c1-7-9(13(22)19-14(23)18-7)5-12-20-21-15(24-12)25-6-8-2-3-10(16)11(17)4-8/h2-4,7,9H,5-6H2,1H3,(H2,18,19,22,23). The van der Waals surface area contributed by atoms with E-state index < -0.39 is 11.9 Å². The Morgan fingerprint density at radius 2 is 2.04 bits per heavy atom. The normalized spacial score (nSPS) is 20.3. The van der Waals surface area contributed by atoms with Gasteiger partial charge in [-0.1, -0.05) is 41.0 Å².